The molecule has 1 aromatic heterocycles. The lowest BCUT2D eigenvalue weighted by Crippen LogP contribution is -2.28. The van der Waals surface area contributed by atoms with Gasteiger partial charge in [-0.2, -0.15) is 4.94 Å². The van der Waals surface area contributed by atoms with Gasteiger partial charge >= 0.3 is 6.29 Å². The number of alkyl halides is 2. The minimum atomic E-state index is -3.75. The molecule has 1 fully saturated rings. The topological polar surface area (TPSA) is 72.6 Å². The molecule has 2 N–H and O–H groups in total. The van der Waals surface area contributed by atoms with Crippen LogP contribution in [0.3, 0.4) is 0 Å². The smallest absolute Gasteiger partial charge is 0.395 e. The number of anilines is 1. The Hall–Kier alpha value is -3.27. The van der Waals surface area contributed by atoms with Gasteiger partial charge in [-0.3, -0.25) is 4.79 Å². The Morgan fingerprint density at radius 1 is 1.15 bits per heavy atom. The van der Waals surface area contributed by atoms with Crippen molar-refractivity contribution in [2.24, 2.45) is 0 Å². The first-order chi connectivity index (χ1) is 15.5. The SMILES string of the molecule is CC(C)(COF)c1cc2cc(NC(=O)C3(c4ccc5c(c4)OC(F)(F)O5)CC3)c(F)cc2[nH]1. The number of amides is 1. The molecule has 1 aliphatic heterocycles. The second-order valence-corrected chi connectivity index (χ2v) is 9.10. The molecule has 0 radical (unpaired) electrons. The molecule has 0 bridgehead atoms. The van der Waals surface area contributed by atoms with Gasteiger partial charge < -0.3 is 19.8 Å². The van der Waals surface area contributed by atoms with E-state index in [0.717, 1.165) is 0 Å². The normalized spacial score (nSPS) is 17.9. The molecule has 1 aliphatic carbocycles. The average molecular weight is 464 g/mol. The van der Waals surface area contributed by atoms with Crippen LogP contribution in [0.5, 0.6) is 11.5 Å². The molecule has 0 saturated heterocycles. The number of carbonyl (C=O) groups excluding carboxylic acids is 1. The first-order valence-electron chi connectivity index (χ1n) is 10.3. The van der Waals surface area contributed by atoms with E-state index < -0.39 is 28.8 Å². The summed E-state index contributed by atoms with van der Waals surface area (Å²) in [4.78, 5) is 19.9. The first-order valence-corrected chi connectivity index (χ1v) is 10.3. The summed E-state index contributed by atoms with van der Waals surface area (Å²) >= 11 is 0. The van der Waals surface area contributed by atoms with E-state index in [-0.39, 0.29) is 23.8 Å². The number of ether oxygens (including phenoxy) is 2. The summed E-state index contributed by atoms with van der Waals surface area (Å²) < 4.78 is 62.7. The zero-order valence-electron chi connectivity index (χ0n) is 17.7. The second kappa shape index (κ2) is 7.11. The van der Waals surface area contributed by atoms with Crippen molar-refractivity contribution in [1.82, 2.24) is 4.98 Å². The average Bonchev–Trinajstić information content (AvgIpc) is 3.34. The molecule has 33 heavy (non-hydrogen) atoms. The summed E-state index contributed by atoms with van der Waals surface area (Å²) in [6.45, 7) is 3.36. The summed E-state index contributed by atoms with van der Waals surface area (Å²) in [7, 11) is 0. The van der Waals surface area contributed by atoms with Crippen LogP contribution in [0, 0.1) is 5.82 Å². The fraction of sp³-hybridized carbons (Fsp3) is 0.348. The van der Waals surface area contributed by atoms with Gasteiger partial charge in [0, 0.05) is 28.1 Å². The molecule has 5 rings (SSSR count). The minimum Gasteiger partial charge on any atom is -0.395 e. The molecule has 2 aliphatic rings. The zero-order valence-corrected chi connectivity index (χ0v) is 17.7. The second-order valence-electron chi connectivity index (χ2n) is 9.10. The highest BCUT2D eigenvalue weighted by Gasteiger charge is 2.53. The molecule has 2 aromatic carbocycles. The van der Waals surface area contributed by atoms with Crippen molar-refractivity contribution in [1.29, 1.82) is 0 Å². The summed E-state index contributed by atoms with van der Waals surface area (Å²) in [6, 6.07) is 8.71. The van der Waals surface area contributed by atoms with E-state index in [2.05, 4.69) is 24.7 Å². The van der Waals surface area contributed by atoms with Gasteiger partial charge in [-0.15, -0.1) is 8.78 Å². The highest BCUT2D eigenvalue weighted by molar-refractivity contribution is 6.02. The molecule has 0 spiro atoms. The molecule has 3 aromatic rings. The van der Waals surface area contributed by atoms with E-state index in [1.165, 1.54) is 30.3 Å². The zero-order chi connectivity index (χ0) is 23.6. The number of H-pyrrole nitrogens is 1. The maximum atomic E-state index is 14.8. The van der Waals surface area contributed by atoms with Gasteiger partial charge in [0.25, 0.3) is 0 Å². The van der Waals surface area contributed by atoms with Gasteiger partial charge in [-0.1, -0.05) is 19.9 Å². The van der Waals surface area contributed by atoms with Crippen LogP contribution in [0.2, 0.25) is 0 Å². The third kappa shape index (κ3) is 3.68. The van der Waals surface area contributed by atoms with Crippen LogP contribution < -0.4 is 14.8 Å². The Bertz CT molecular complexity index is 1270. The van der Waals surface area contributed by atoms with Crippen LogP contribution >= 0.6 is 0 Å². The number of halogens is 4. The van der Waals surface area contributed by atoms with Crippen LogP contribution in [0.4, 0.5) is 23.4 Å². The number of rotatable bonds is 6. The minimum absolute atomic E-state index is 0.0175. The largest absolute Gasteiger partial charge is 0.586 e. The lowest BCUT2D eigenvalue weighted by Gasteiger charge is -2.20. The number of aromatic amines is 1. The molecule has 2 heterocycles. The molecule has 1 saturated carbocycles. The van der Waals surface area contributed by atoms with E-state index in [1.807, 2.05) is 0 Å². The van der Waals surface area contributed by atoms with Crippen LogP contribution in [0.1, 0.15) is 37.9 Å². The Labute approximate surface area is 185 Å². The highest BCUT2D eigenvalue weighted by Crippen LogP contribution is 2.52. The molecule has 0 unspecified atom stereocenters. The molecule has 1 amide bonds. The fourth-order valence-electron chi connectivity index (χ4n) is 4.09. The van der Waals surface area contributed by atoms with Crippen LogP contribution in [-0.2, 0) is 20.6 Å². The summed E-state index contributed by atoms with van der Waals surface area (Å²) in [5, 5.41) is 3.26. The molecular formula is C23H20F4N2O4. The number of nitrogens with one attached hydrogen (secondary N) is 2. The standard InChI is InChI=1S/C23H20F4N2O4/c1-21(2,11-31-27)19-8-12-7-16(14(24)10-15(12)28-19)29-20(30)22(5-6-22)13-3-4-17-18(9-13)33-23(25,26)32-17/h3-4,7-10,28H,5-6,11H2,1-2H3,(H,29,30). The summed E-state index contributed by atoms with van der Waals surface area (Å²) in [5.74, 6) is -1.36. The highest BCUT2D eigenvalue weighted by atomic mass is 19.3. The number of fused-ring (bicyclic) bond motifs is 2. The van der Waals surface area contributed by atoms with Gasteiger partial charge in [-0.25, -0.2) is 4.39 Å². The van der Waals surface area contributed by atoms with Gasteiger partial charge in [0.15, 0.2) is 11.5 Å². The molecule has 10 heteroatoms. The van der Waals surface area contributed by atoms with Crippen molar-refractivity contribution in [3.8, 4) is 11.5 Å². The number of carbonyl (C=O) groups is 1. The van der Waals surface area contributed by atoms with Crippen LogP contribution in [0.15, 0.2) is 36.4 Å². The number of hydrogen-bond acceptors (Lipinski definition) is 4. The Kier molecular flexibility index (Phi) is 4.65. The first kappa shape index (κ1) is 21.6. The predicted octanol–water partition coefficient (Wildman–Crippen LogP) is 5.48. The lowest BCUT2D eigenvalue weighted by atomic mass is 9.90. The third-order valence-electron chi connectivity index (χ3n) is 6.24. The van der Waals surface area contributed by atoms with Gasteiger partial charge in [-0.05, 0) is 47.2 Å². The van der Waals surface area contributed by atoms with Crippen LogP contribution in [0.25, 0.3) is 10.9 Å². The summed E-state index contributed by atoms with van der Waals surface area (Å²) in [5.41, 5.74) is -0.0442. The molecule has 0 atom stereocenters. The Morgan fingerprint density at radius 2 is 1.88 bits per heavy atom. The van der Waals surface area contributed by atoms with E-state index >= 15 is 0 Å². The van der Waals surface area contributed by atoms with Crippen molar-refractivity contribution in [2.45, 2.75) is 43.8 Å². The molecule has 174 valence electrons. The van der Waals surface area contributed by atoms with Crippen molar-refractivity contribution in [3.05, 3.63) is 53.5 Å². The fourth-order valence-corrected chi connectivity index (χ4v) is 4.09. The van der Waals surface area contributed by atoms with Gasteiger partial charge in [0.1, 0.15) is 5.82 Å². The van der Waals surface area contributed by atoms with Gasteiger partial charge in [0.05, 0.1) is 17.7 Å². The van der Waals surface area contributed by atoms with E-state index in [9.17, 15) is 22.5 Å². The summed E-state index contributed by atoms with van der Waals surface area (Å²) in [6.07, 6.45) is -2.80. The lowest BCUT2D eigenvalue weighted by molar-refractivity contribution is -0.286. The number of benzene rings is 2. The van der Waals surface area contributed by atoms with Crippen LogP contribution in [-0.4, -0.2) is 23.8 Å². The van der Waals surface area contributed by atoms with Crippen molar-refractivity contribution < 1.29 is 36.9 Å². The van der Waals surface area contributed by atoms with E-state index in [0.29, 0.717) is 35.0 Å². The van der Waals surface area contributed by atoms with Crippen molar-refractivity contribution in [3.63, 3.8) is 0 Å². The van der Waals surface area contributed by atoms with E-state index in [4.69, 9.17) is 0 Å². The quantitative estimate of drug-likeness (QED) is 0.474. The predicted molar refractivity (Wildman–Crippen MR) is 111 cm³/mol. The number of aromatic nitrogens is 1. The third-order valence-corrected chi connectivity index (χ3v) is 6.24. The Balaban J connectivity index is 1.41. The van der Waals surface area contributed by atoms with E-state index in [1.54, 1.807) is 19.9 Å². The Morgan fingerprint density at radius 3 is 2.58 bits per heavy atom. The van der Waals surface area contributed by atoms with Gasteiger partial charge in [0.2, 0.25) is 5.91 Å². The maximum Gasteiger partial charge on any atom is 0.586 e. The van der Waals surface area contributed by atoms with Crippen molar-refractivity contribution in [2.75, 3.05) is 11.9 Å². The monoisotopic (exact) mass is 464 g/mol. The molecular weight excluding hydrogens is 444 g/mol. The van der Waals surface area contributed by atoms with Crippen molar-refractivity contribution >= 4 is 22.5 Å². The maximum absolute atomic E-state index is 14.8. The molecule has 6 nitrogen and oxygen atoms in total. The number of hydrogen-bond donors (Lipinski definition) is 2.